The van der Waals surface area contributed by atoms with Crippen molar-refractivity contribution in [2.75, 3.05) is 5.32 Å². The number of anilines is 1. The minimum atomic E-state index is -0.160. The van der Waals surface area contributed by atoms with E-state index in [9.17, 15) is 4.79 Å². The van der Waals surface area contributed by atoms with Gasteiger partial charge in [-0.15, -0.1) is 0 Å². The molecule has 1 amide bonds. The van der Waals surface area contributed by atoms with E-state index < -0.39 is 0 Å². The summed E-state index contributed by atoms with van der Waals surface area (Å²) in [5, 5.41) is 3.59. The van der Waals surface area contributed by atoms with E-state index in [-0.39, 0.29) is 5.91 Å². The Hall–Kier alpha value is -3.04. The monoisotopic (exact) mass is 346 g/mol. The van der Waals surface area contributed by atoms with Gasteiger partial charge in [0.05, 0.1) is 0 Å². The van der Waals surface area contributed by atoms with Crippen molar-refractivity contribution in [3.63, 3.8) is 0 Å². The van der Waals surface area contributed by atoms with Gasteiger partial charge in [-0.25, -0.2) is 0 Å². The number of hydrogen-bond acceptors (Lipinski definition) is 1. The second kappa shape index (κ2) is 6.46. The van der Waals surface area contributed by atoms with E-state index >= 15 is 0 Å². The second-order valence-electron chi connectivity index (χ2n) is 5.73. The van der Waals surface area contributed by atoms with Gasteiger partial charge in [-0.05, 0) is 48.0 Å². The first kappa shape index (κ1) is 15.5. The number of fused-ring (bicyclic) bond motifs is 1. The average Bonchev–Trinajstić information content (AvgIpc) is 3.04. The molecular formula is C21H15ClN2O. The molecule has 4 heteroatoms. The lowest BCUT2D eigenvalue weighted by molar-refractivity contribution is 0.102. The van der Waals surface area contributed by atoms with Crippen LogP contribution in [0.25, 0.3) is 16.6 Å². The predicted molar refractivity (Wildman–Crippen MR) is 102 cm³/mol. The molecule has 2 heterocycles. The van der Waals surface area contributed by atoms with Gasteiger partial charge >= 0.3 is 0 Å². The van der Waals surface area contributed by atoms with E-state index in [1.54, 1.807) is 24.3 Å². The zero-order chi connectivity index (χ0) is 17.2. The standard InChI is InChI=1S/C21H15ClN2O/c22-16-9-11-17(12-10-16)23-21(25)20-19(15-6-2-1-3-7-15)14-18-8-4-5-13-24(18)20/h1-14H,(H,23,25). The Morgan fingerprint density at radius 1 is 0.880 bits per heavy atom. The smallest absolute Gasteiger partial charge is 0.273 e. The Balaban J connectivity index is 1.82. The third-order valence-electron chi connectivity index (χ3n) is 4.08. The Labute approximate surface area is 150 Å². The van der Waals surface area contributed by atoms with Crippen LogP contribution in [0.4, 0.5) is 5.69 Å². The van der Waals surface area contributed by atoms with E-state index in [1.165, 1.54) is 0 Å². The zero-order valence-electron chi connectivity index (χ0n) is 13.3. The molecule has 122 valence electrons. The van der Waals surface area contributed by atoms with E-state index in [4.69, 9.17) is 11.6 Å². The molecule has 25 heavy (non-hydrogen) atoms. The van der Waals surface area contributed by atoms with E-state index in [2.05, 4.69) is 5.32 Å². The van der Waals surface area contributed by atoms with Crippen LogP contribution in [0.15, 0.2) is 85.1 Å². The fraction of sp³-hybridized carbons (Fsp3) is 0. The van der Waals surface area contributed by atoms with Crippen LogP contribution in [0.3, 0.4) is 0 Å². The average molecular weight is 347 g/mol. The van der Waals surface area contributed by atoms with Gasteiger partial charge in [0.25, 0.3) is 5.91 Å². The molecule has 2 aromatic carbocycles. The molecule has 4 aromatic rings. The molecule has 4 rings (SSSR count). The first-order chi connectivity index (χ1) is 12.2. The molecule has 0 spiro atoms. The third-order valence-corrected chi connectivity index (χ3v) is 4.33. The number of nitrogens with one attached hydrogen (secondary N) is 1. The third kappa shape index (κ3) is 3.02. The van der Waals surface area contributed by atoms with E-state index in [0.717, 1.165) is 16.6 Å². The molecule has 0 fully saturated rings. The SMILES string of the molecule is O=C(Nc1ccc(Cl)cc1)c1c(-c2ccccc2)cc2ccccn12. The van der Waals surface area contributed by atoms with Gasteiger partial charge < -0.3 is 9.72 Å². The summed E-state index contributed by atoms with van der Waals surface area (Å²) in [6.07, 6.45) is 1.90. The van der Waals surface area contributed by atoms with E-state index in [1.807, 2.05) is 65.2 Å². The van der Waals surface area contributed by atoms with Gasteiger partial charge in [0.1, 0.15) is 5.69 Å². The van der Waals surface area contributed by atoms with Crippen molar-refractivity contribution < 1.29 is 4.79 Å². The van der Waals surface area contributed by atoms with Crippen LogP contribution < -0.4 is 5.32 Å². The van der Waals surface area contributed by atoms with Gasteiger partial charge in [0.2, 0.25) is 0 Å². The highest BCUT2D eigenvalue weighted by molar-refractivity contribution is 6.30. The van der Waals surface area contributed by atoms with Gasteiger partial charge in [-0.1, -0.05) is 48.0 Å². The number of halogens is 1. The minimum absolute atomic E-state index is 0.160. The molecule has 0 atom stereocenters. The molecule has 3 nitrogen and oxygen atoms in total. The predicted octanol–water partition coefficient (Wildman–Crippen LogP) is 5.51. The van der Waals surface area contributed by atoms with Crippen molar-refractivity contribution in [3.05, 3.63) is 95.8 Å². The second-order valence-corrected chi connectivity index (χ2v) is 6.17. The van der Waals surface area contributed by atoms with Crippen LogP contribution >= 0.6 is 11.6 Å². The molecule has 0 aliphatic rings. The van der Waals surface area contributed by atoms with E-state index in [0.29, 0.717) is 16.4 Å². The van der Waals surface area contributed by atoms with Crippen molar-refractivity contribution in [1.82, 2.24) is 4.40 Å². The summed E-state index contributed by atoms with van der Waals surface area (Å²) in [6, 6.07) is 24.9. The number of aromatic nitrogens is 1. The maximum atomic E-state index is 13.0. The van der Waals surface area contributed by atoms with Gasteiger partial charge in [0.15, 0.2) is 0 Å². The van der Waals surface area contributed by atoms with Crippen LogP contribution in [-0.2, 0) is 0 Å². The largest absolute Gasteiger partial charge is 0.321 e. The lowest BCUT2D eigenvalue weighted by atomic mass is 10.1. The summed E-state index contributed by atoms with van der Waals surface area (Å²) in [7, 11) is 0. The Bertz CT molecular complexity index is 1040. The highest BCUT2D eigenvalue weighted by atomic mass is 35.5. The normalized spacial score (nSPS) is 10.8. The van der Waals surface area contributed by atoms with Crippen LogP contribution in [0.1, 0.15) is 10.5 Å². The quantitative estimate of drug-likeness (QED) is 0.521. The molecule has 1 N–H and O–H groups in total. The summed E-state index contributed by atoms with van der Waals surface area (Å²) in [4.78, 5) is 13.0. The molecular weight excluding hydrogens is 332 g/mol. The first-order valence-electron chi connectivity index (χ1n) is 7.95. The maximum absolute atomic E-state index is 13.0. The zero-order valence-corrected chi connectivity index (χ0v) is 14.1. The first-order valence-corrected chi connectivity index (χ1v) is 8.32. The molecule has 0 saturated carbocycles. The summed E-state index contributed by atoms with van der Waals surface area (Å²) < 4.78 is 1.91. The lowest BCUT2D eigenvalue weighted by Gasteiger charge is -2.09. The van der Waals surface area contributed by atoms with Crippen LogP contribution in [0.2, 0.25) is 5.02 Å². The molecule has 0 unspecified atom stereocenters. The van der Waals surface area contributed by atoms with Crippen molar-refractivity contribution in [2.45, 2.75) is 0 Å². The minimum Gasteiger partial charge on any atom is -0.321 e. The van der Waals surface area contributed by atoms with Gasteiger partial charge in [-0.2, -0.15) is 0 Å². The number of carbonyl (C=O) groups excluding carboxylic acids is 1. The van der Waals surface area contributed by atoms with Crippen LogP contribution in [-0.4, -0.2) is 10.3 Å². The topological polar surface area (TPSA) is 33.5 Å². The molecule has 0 radical (unpaired) electrons. The van der Waals surface area contributed by atoms with Gasteiger partial charge in [0, 0.05) is 28.0 Å². The highest BCUT2D eigenvalue weighted by Crippen LogP contribution is 2.28. The Kier molecular flexibility index (Phi) is 4.00. The molecule has 0 bridgehead atoms. The maximum Gasteiger partial charge on any atom is 0.273 e. The number of nitrogens with zero attached hydrogens (tertiary/aromatic N) is 1. The van der Waals surface area contributed by atoms with Crippen molar-refractivity contribution >= 4 is 28.7 Å². The van der Waals surface area contributed by atoms with Crippen molar-refractivity contribution in [2.24, 2.45) is 0 Å². The molecule has 0 aliphatic carbocycles. The Morgan fingerprint density at radius 2 is 1.60 bits per heavy atom. The van der Waals surface area contributed by atoms with Crippen molar-refractivity contribution in [1.29, 1.82) is 0 Å². The highest BCUT2D eigenvalue weighted by Gasteiger charge is 2.18. The number of rotatable bonds is 3. The number of amides is 1. The summed E-state index contributed by atoms with van der Waals surface area (Å²) in [6.45, 7) is 0. The summed E-state index contributed by atoms with van der Waals surface area (Å²) in [5.41, 5.74) is 4.20. The Morgan fingerprint density at radius 3 is 2.36 bits per heavy atom. The molecule has 2 aromatic heterocycles. The lowest BCUT2D eigenvalue weighted by Crippen LogP contribution is -2.15. The summed E-state index contributed by atoms with van der Waals surface area (Å²) in [5.74, 6) is -0.160. The van der Waals surface area contributed by atoms with Crippen molar-refractivity contribution in [3.8, 4) is 11.1 Å². The fourth-order valence-electron chi connectivity index (χ4n) is 2.92. The number of pyridine rings is 1. The number of carbonyl (C=O) groups is 1. The van der Waals surface area contributed by atoms with Gasteiger partial charge in [-0.3, -0.25) is 4.79 Å². The number of benzene rings is 2. The summed E-state index contributed by atoms with van der Waals surface area (Å²) >= 11 is 5.91. The molecule has 0 aliphatic heterocycles. The van der Waals surface area contributed by atoms with Crippen LogP contribution in [0, 0.1) is 0 Å². The fourth-order valence-corrected chi connectivity index (χ4v) is 3.04. The molecule has 0 saturated heterocycles. The van der Waals surface area contributed by atoms with Crippen LogP contribution in [0.5, 0.6) is 0 Å². The number of hydrogen-bond donors (Lipinski definition) is 1.